The number of hydrogen-bond donors (Lipinski definition) is 1. The summed E-state index contributed by atoms with van der Waals surface area (Å²) >= 11 is 0. The molecule has 0 spiro atoms. The van der Waals surface area contributed by atoms with E-state index in [1.165, 1.54) is 24.8 Å². The number of carbonyl (C=O) groups is 2. The molecule has 1 aliphatic carbocycles. The van der Waals surface area contributed by atoms with Crippen molar-refractivity contribution in [3.63, 3.8) is 0 Å². The second-order valence-corrected chi connectivity index (χ2v) is 8.73. The van der Waals surface area contributed by atoms with Crippen LogP contribution in [0.5, 0.6) is 0 Å². The first-order chi connectivity index (χ1) is 14.2. The molecule has 6 heteroatoms. The fraction of sp³-hybridized carbons (Fsp3) is 0.652. The van der Waals surface area contributed by atoms with Crippen LogP contribution in [-0.2, 0) is 16.0 Å². The van der Waals surface area contributed by atoms with E-state index >= 15 is 0 Å². The molecule has 1 saturated carbocycles. The first kappa shape index (κ1) is 20.2. The number of rotatable bonds is 5. The molecule has 158 valence electrons. The van der Waals surface area contributed by atoms with Crippen LogP contribution >= 0.6 is 0 Å². The molecule has 3 amide bonds. The van der Waals surface area contributed by atoms with Gasteiger partial charge in [0.15, 0.2) is 0 Å². The van der Waals surface area contributed by atoms with Crippen molar-refractivity contribution >= 4 is 11.9 Å². The molecule has 0 radical (unpaired) electrons. The normalized spacial score (nSPS) is 25.4. The summed E-state index contributed by atoms with van der Waals surface area (Å²) in [6.07, 6.45) is 5.97. The van der Waals surface area contributed by atoms with Crippen LogP contribution in [0, 0.1) is 11.8 Å². The van der Waals surface area contributed by atoms with E-state index in [9.17, 15) is 9.59 Å². The van der Waals surface area contributed by atoms with Crippen LogP contribution < -0.4 is 5.32 Å². The van der Waals surface area contributed by atoms with Crippen molar-refractivity contribution < 1.29 is 14.3 Å². The van der Waals surface area contributed by atoms with Crippen molar-refractivity contribution in [2.75, 3.05) is 39.4 Å². The zero-order chi connectivity index (χ0) is 20.1. The Balaban J connectivity index is 1.22. The number of aryl methyl sites for hydroxylation is 1. The smallest absolute Gasteiger partial charge is 0.317 e. The van der Waals surface area contributed by atoms with Crippen LogP contribution in [0.4, 0.5) is 4.79 Å². The number of benzene rings is 1. The number of urea groups is 1. The molecule has 2 aliphatic heterocycles. The van der Waals surface area contributed by atoms with Crippen molar-refractivity contribution in [1.29, 1.82) is 0 Å². The number of ether oxygens (including phenoxy) is 1. The molecule has 1 aromatic rings. The number of hydrogen-bond acceptors (Lipinski definition) is 3. The molecule has 2 unspecified atom stereocenters. The largest absolute Gasteiger partial charge is 0.379 e. The van der Waals surface area contributed by atoms with Gasteiger partial charge in [-0.05, 0) is 24.3 Å². The maximum atomic E-state index is 12.8. The molecule has 6 nitrogen and oxygen atoms in total. The van der Waals surface area contributed by atoms with Gasteiger partial charge in [-0.2, -0.15) is 0 Å². The fourth-order valence-corrected chi connectivity index (χ4v) is 4.64. The predicted molar refractivity (Wildman–Crippen MR) is 112 cm³/mol. The molecule has 0 aromatic heterocycles. The van der Waals surface area contributed by atoms with Crippen molar-refractivity contribution in [3.05, 3.63) is 35.9 Å². The third kappa shape index (κ3) is 5.30. The Hall–Kier alpha value is -2.08. The molecule has 1 aromatic carbocycles. The van der Waals surface area contributed by atoms with Gasteiger partial charge in [-0.15, -0.1) is 0 Å². The first-order valence-electron chi connectivity index (χ1n) is 11.1. The minimum atomic E-state index is 0.00316. The van der Waals surface area contributed by atoms with E-state index in [2.05, 4.69) is 17.4 Å². The second kappa shape index (κ2) is 9.61. The van der Waals surface area contributed by atoms with Crippen LogP contribution in [0.1, 0.15) is 37.7 Å². The van der Waals surface area contributed by atoms with Gasteiger partial charge in [-0.1, -0.05) is 49.6 Å². The lowest BCUT2D eigenvalue weighted by atomic mass is 9.76. The zero-order valence-electron chi connectivity index (χ0n) is 17.2. The Labute approximate surface area is 173 Å². The number of nitrogens with zero attached hydrogens (tertiary/aromatic N) is 2. The lowest BCUT2D eigenvalue weighted by molar-refractivity contribution is -0.130. The predicted octanol–water partition coefficient (Wildman–Crippen LogP) is 2.68. The van der Waals surface area contributed by atoms with Gasteiger partial charge in [0.2, 0.25) is 5.91 Å². The molecule has 2 atom stereocenters. The maximum absolute atomic E-state index is 12.8. The lowest BCUT2D eigenvalue weighted by Gasteiger charge is -2.35. The Kier molecular flexibility index (Phi) is 6.70. The monoisotopic (exact) mass is 399 g/mol. The van der Waals surface area contributed by atoms with Gasteiger partial charge in [0.1, 0.15) is 0 Å². The minimum Gasteiger partial charge on any atom is -0.379 e. The van der Waals surface area contributed by atoms with Crippen LogP contribution in [0.3, 0.4) is 0 Å². The summed E-state index contributed by atoms with van der Waals surface area (Å²) in [5.74, 6) is 1.36. The maximum Gasteiger partial charge on any atom is 0.317 e. The Morgan fingerprint density at radius 1 is 1.00 bits per heavy atom. The van der Waals surface area contributed by atoms with Gasteiger partial charge in [0, 0.05) is 44.6 Å². The molecule has 2 heterocycles. The molecule has 1 N–H and O–H groups in total. The Morgan fingerprint density at radius 2 is 1.83 bits per heavy atom. The Bertz CT molecular complexity index is 692. The topological polar surface area (TPSA) is 61.9 Å². The summed E-state index contributed by atoms with van der Waals surface area (Å²) in [5, 5.41) is 3.17. The van der Waals surface area contributed by atoms with Crippen molar-refractivity contribution in [1.82, 2.24) is 15.1 Å². The highest BCUT2D eigenvalue weighted by Crippen LogP contribution is 2.34. The summed E-state index contributed by atoms with van der Waals surface area (Å²) in [6, 6.07) is 10.2. The van der Waals surface area contributed by atoms with Crippen LogP contribution in [0.2, 0.25) is 0 Å². The van der Waals surface area contributed by atoms with E-state index in [0.717, 1.165) is 32.5 Å². The van der Waals surface area contributed by atoms with E-state index in [1.807, 2.05) is 28.0 Å². The van der Waals surface area contributed by atoms with Gasteiger partial charge in [-0.25, -0.2) is 4.79 Å². The number of likely N-dealkylation sites (tertiary alicyclic amines) is 1. The average molecular weight is 400 g/mol. The highest BCUT2D eigenvalue weighted by Gasteiger charge is 2.33. The molecule has 29 heavy (non-hydrogen) atoms. The van der Waals surface area contributed by atoms with Crippen LogP contribution in [0.25, 0.3) is 0 Å². The first-order valence-corrected chi connectivity index (χ1v) is 11.1. The van der Waals surface area contributed by atoms with E-state index in [-0.39, 0.29) is 18.0 Å². The van der Waals surface area contributed by atoms with Crippen molar-refractivity contribution in [2.45, 2.75) is 44.6 Å². The molecule has 3 fully saturated rings. The highest BCUT2D eigenvalue weighted by atomic mass is 16.5. The third-order valence-corrected chi connectivity index (χ3v) is 6.73. The molecular weight excluding hydrogens is 366 g/mol. The lowest BCUT2D eigenvalue weighted by Crippen LogP contribution is -2.48. The van der Waals surface area contributed by atoms with Gasteiger partial charge in [-0.3, -0.25) is 4.79 Å². The number of amides is 3. The molecule has 4 rings (SSSR count). The SMILES string of the molecule is O=C(CCc1ccccc1)N1CCC(NC(=O)N2CCOCC(C3CCC3)C2)C1. The van der Waals surface area contributed by atoms with Crippen molar-refractivity contribution in [3.8, 4) is 0 Å². The highest BCUT2D eigenvalue weighted by molar-refractivity contribution is 5.77. The van der Waals surface area contributed by atoms with Gasteiger partial charge in [0.25, 0.3) is 0 Å². The third-order valence-electron chi connectivity index (χ3n) is 6.73. The minimum absolute atomic E-state index is 0.00316. The summed E-state index contributed by atoms with van der Waals surface area (Å²) < 4.78 is 5.75. The molecule has 0 bridgehead atoms. The van der Waals surface area contributed by atoms with Gasteiger partial charge < -0.3 is 19.9 Å². The molecule has 3 aliphatic rings. The van der Waals surface area contributed by atoms with Crippen LogP contribution in [0.15, 0.2) is 30.3 Å². The standard InChI is InChI=1S/C23H33N3O3/c27-22(10-9-18-5-2-1-3-6-18)25-12-11-21(16-25)24-23(28)26-13-14-29-17-20(15-26)19-7-4-8-19/h1-3,5-6,19-21H,4,7-17H2,(H,24,28). The summed E-state index contributed by atoms with van der Waals surface area (Å²) in [5.41, 5.74) is 1.19. The summed E-state index contributed by atoms with van der Waals surface area (Å²) in [6.45, 7) is 4.19. The van der Waals surface area contributed by atoms with E-state index < -0.39 is 0 Å². The summed E-state index contributed by atoms with van der Waals surface area (Å²) in [7, 11) is 0. The summed E-state index contributed by atoms with van der Waals surface area (Å²) in [4.78, 5) is 29.2. The second-order valence-electron chi connectivity index (χ2n) is 8.73. The van der Waals surface area contributed by atoms with Gasteiger partial charge in [0.05, 0.1) is 13.2 Å². The van der Waals surface area contributed by atoms with Gasteiger partial charge >= 0.3 is 6.03 Å². The Morgan fingerprint density at radius 3 is 2.59 bits per heavy atom. The average Bonchev–Trinajstić information content (AvgIpc) is 3.02. The van der Waals surface area contributed by atoms with Crippen LogP contribution in [-0.4, -0.2) is 67.2 Å². The zero-order valence-corrected chi connectivity index (χ0v) is 17.2. The number of nitrogens with one attached hydrogen (secondary N) is 1. The van der Waals surface area contributed by atoms with E-state index in [1.54, 1.807) is 0 Å². The van der Waals surface area contributed by atoms with Crippen molar-refractivity contribution in [2.24, 2.45) is 11.8 Å². The van der Waals surface area contributed by atoms with E-state index in [0.29, 0.717) is 38.0 Å². The quantitative estimate of drug-likeness (QED) is 0.828. The molecule has 2 saturated heterocycles. The fourth-order valence-electron chi connectivity index (χ4n) is 4.64. The van der Waals surface area contributed by atoms with E-state index in [4.69, 9.17) is 4.74 Å². The molecular formula is C23H33N3O3. The number of carbonyl (C=O) groups excluding carboxylic acids is 2.